The Hall–Kier alpha value is -2.02. The van der Waals surface area contributed by atoms with E-state index in [2.05, 4.69) is 6.07 Å². The predicted molar refractivity (Wildman–Crippen MR) is 73.5 cm³/mol. The Bertz CT molecular complexity index is 480. The fourth-order valence-corrected chi connectivity index (χ4v) is 2.19. The standard InChI is InChI=1S/C15H20N2O2/c1-10(12-7-5-11(9-16)6-8-12)13(15(2,3)4)19-14(17)18/h5-8,10,13H,1-4H3,(H2,17,18). The van der Waals surface area contributed by atoms with Crippen LogP contribution in [0.25, 0.3) is 0 Å². The van der Waals surface area contributed by atoms with E-state index in [9.17, 15) is 4.79 Å². The molecule has 1 rings (SSSR count). The molecule has 1 aromatic rings. The number of hydrogen-bond acceptors (Lipinski definition) is 3. The molecule has 0 aliphatic heterocycles. The molecule has 0 spiro atoms. The zero-order valence-corrected chi connectivity index (χ0v) is 11.8. The monoisotopic (exact) mass is 260 g/mol. The molecule has 1 amide bonds. The van der Waals surface area contributed by atoms with Gasteiger partial charge in [0, 0.05) is 5.92 Å². The molecule has 1 aromatic carbocycles. The summed E-state index contributed by atoms with van der Waals surface area (Å²) in [6, 6.07) is 9.36. The van der Waals surface area contributed by atoms with E-state index >= 15 is 0 Å². The summed E-state index contributed by atoms with van der Waals surface area (Å²) in [5, 5.41) is 8.79. The molecule has 0 bridgehead atoms. The summed E-state index contributed by atoms with van der Waals surface area (Å²) in [4.78, 5) is 11.0. The number of nitriles is 1. The summed E-state index contributed by atoms with van der Waals surface area (Å²) in [5.74, 6) is 0.000225. The van der Waals surface area contributed by atoms with Gasteiger partial charge in [0.25, 0.3) is 0 Å². The van der Waals surface area contributed by atoms with E-state index in [4.69, 9.17) is 15.7 Å². The number of carbonyl (C=O) groups excluding carboxylic acids is 1. The van der Waals surface area contributed by atoms with Gasteiger partial charge < -0.3 is 10.5 Å². The molecule has 0 saturated carbocycles. The van der Waals surface area contributed by atoms with Gasteiger partial charge in [0.2, 0.25) is 0 Å². The SMILES string of the molecule is CC(c1ccc(C#N)cc1)C(OC(N)=O)C(C)(C)C. The van der Waals surface area contributed by atoms with Crippen LogP contribution in [0.2, 0.25) is 0 Å². The van der Waals surface area contributed by atoms with Crippen LogP contribution >= 0.6 is 0 Å². The largest absolute Gasteiger partial charge is 0.445 e. The Labute approximate surface area is 114 Å². The van der Waals surface area contributed by atoms with E-state index in [-0.39, 0.29) is 17.4 Å². The second kappa shape index (κ2) is 5.75. The van der Waals surface area contributed by atoms with Crippen molar-refractivity contribution in [2.24, 2.45) is 11.1 Å². The van der Waals surface area contributed by atoms with Crippen LogP contribution in [-0.2, 0) is 4.74 Å². The minimum absolute atomic E-state index is 0.000225. The molecular formula is C15H20N2O2. The Morgan fingerprint density at radius 2 is 1.84 bits per heavy atom. The summed E-state index contributed by atoms with van der Waals surface area (Å²) >= 11 is 0. The summed E-state index contributed by atoms with van der Waals surface area (Å²) in [5.41, 5.74) is 6.55. The molecule has 4 heteroatoms. The van der Waals surface area contributed by atoms with Crippen LogP contribution in [0.4, 0.5) is 4.79 Å². The van der Waals surface area contributed by atoms with Gasteiger partial charge in [0.05, 0.1) is 11.6 Å². The lowest BCUT2D eigenvalue weighted by atomic mass is 9.79. The lowest BCUT2D eigenvalue weighted by Gasteiger charge is -2.34. The van der Waals surface area contributed by atoms with E-state index in [1.807, 2.05) is 39.8 Å². The molecule has 4 nitrogen and oxygen atoms in total. The second-order valence-corrected chi connectivity index (χ2v) is 5.75. The topological polar surface area (TPSA) is 76.1 Å². The van der Waals surface area contributed by atoms with Crippen LogP contribution < -0.4 is 5.73 Å². The van der Waals surface area contributed by atoms with Crippen molar-refractivity contribution in [2.75, 3.05) is 0 Å². The van der Waals surface area contributed by atoms with Crippen molar-refractivity contribution in [3.63, 3.8) is 0 Å². The van der Waals surface area contributed by atoms with Crippen LogP contribution in [0.1, 0.15) is 44.7 Å². The molecular weight excluding hydrogens is 240 g/mol. The van der Waals surface area contributed by atoms with Gasteiger partial charge in [-0.15, -0.1) is 0 Å². The van der Waals surface area contributed by atoms with Crippen molar-refractivity contribution >= 4 is 6.09 Å². The fourth-order valence-electron chi connectivity index (χ4n) is 2.19. The Balaban J connectivity index is 3.01. The third-order valence-corrected chi connectivity index (χ3v) is 3.12. The summed E-state index contributed by atoms with van der Waals surface area (Å²) in [7, 11) is 0. The molecule has 0 aromatic heterocycles. The fraction of sp³-hybridized carbons (Fsp3) is 0.467. The lowest BCUT2D eigenvalue weighted by Crippen LogP contribution is -2.37. The van der Waals surface area contributed by atoms with Crippen molar-refractivity contribution in [1.82, 2.24) is 0 Å². The van der Waals surface area contributed by atoms with Crippen molar-refractivity contribution in [1.29, 1.82) is 5.26 Å². The molecule has 0 saturated heterocycles. The zero-order valence-electron chi connectivity index (χ0n) is 11.8. The number of ether oxygens (including phenoxy) is 1. The van der Waals surface area contributed by atoms with Gasteiger partial charge in [-0.1, -0.05) is 39.8 Å². The van der Waals surface area contributed by atoms with Gasteiger partial charge in [-0.2, -0.15) is 5.26 Å². The van der Waals surface area contributed by atoms with E-state index < -0.39 is 6.09 Å². The maximum absolute atomic E-state index is 11.0. The first-order valence-corrected chi connectivity index (χ1v) is 6.22. The minimum atomic E-state index is -0.763. The Kier molecular flexibility index (Phi) is 4.55. The van der Waals surface area contributed by atoms with Gasteiger partial charge in [0.1, 0.15) is 6.10 Å². The van der Waals surface area contributed by atoms with Gasteiger partial charge >= 0.3 is 6.09 Å². The Morgan fingerprint density at radius 3 is 2.21 bits per heavy atom. The summed E-state index contributed by atoms with van der Waals surface area (Å²) < 4.78 is 5.26. The van der Waals surface area contributed by atoms with Crippen LogP contribution in [-0.4, -0.2) is 12.2 Å². The second-order valence-electron chi connectivity index (χ2n) is 5.75. The molecule has 0 aliphatic rings. The normalized spacial score (nSPS) is 14.3. The Morgan fingerprint density at radius 1 is 1.32 bits per heavy atom. The van der Waals surface area contributed by atoms with Crippen LogP contribution in [0.5, 0.6) is 0 Å². The van der Waals surface area contributed by atoms with Crippen molar-refractivity contribution in [2.45, 2.75) is 39.7 Å². The van der Waals surface area contributed by atoms with E-state index in [1.54, 1.807) is 12.1 Å². The van der Waals surface area contributed by atoms with Gasteiger partial charge in [-0.05, 0) is 23.1 Å². The third kappa shape index (κ3) is 3.99. The average Bonchev–Trinajstić information content (AvgIpc) is 2.34. The predicted octanol–water partition coefficient (Wildman–Crippen LogP) is 3.17. The molecule has 19 heavy (non-hydrogen) atoms. The van der Waals surface area contributed by atoms with Crippen LogP contribution in [0, 0.1) is 16.7 Å². The maximum atomic E-state index is 11.0. The van der Waals surface area contributed by atoms with E-state index in [0.717, 1.165) is 5.56 Å². The number of benzene rings is 1. The van der Waals surface area contributed by atoms with Crippen LogP contribution in [0.15, 0.2) is 24.3 Å². The molecule has 0 heterocycles. The van der Waals surface area contributed by atoms with Crippen molar-refractivity contribution < 1.29 is 9.53 Å². The number of rotatable bonds is 3. The highest BCUT2D eigenvalue weighted by Gasteiger charge is 2.33. The number of nitrogens with zero attached hydrogens (tertiary/aromatic N) is 1. The molecule has 2 unspecified atom stereocenters. The first kappa shape index (κ1) is 15.0. The van der Waals surface area contributed by atoms with Gasteiger partial charge in [0.15, 0.2) is 0 Å². The highest BCUT2D eigenvalue weighted by molar-refractivity contribution is 5.65. The third-order valence-electron chi connectivity index (χ3n) is 3.12. The lowest BCUT2D eigenvalue weighted by molar-refractivity contribution is 0.0218. The van der Waals surface area contributed by atoms with E-state index in [0.29, 0.717) is 5.56 Å². The van der Waals surface area contributed by atoms with Crippen molar-refractivity contribution in [3.05, 3.63) is 35.4 Å². The highest BCUT2D eigenvalue weighted by atomic mass is 16.6. The summed E-state index contributed by atoms with van der Waals surface area (Å²) in [6.07, 6.45) is -1.08. The molecule has 102 valence electrons. The molecule has 0 fully saturated rings. The zero-order chi connectivity index (χ0) is 14.6. The number of hydrogen-bond donors (Lipinski definition) is 1. The highest BCUT2D eigenvalue weighted by Crippen LogP contribution is 2.34. The number of carbonyl (C=O) groups is 1. The average molecular weight is 260 g/mol. The minimum Gasteiger partial charge on any atom is -0.445 e. The molecule has 2 atom stereocenters. The molecule has 0 aliphatic carbocycles. The summed E-state index contributed by atoms with van der Waals surface area (Å²) in [6.45, 7) is 7.99. The van der Waals surface area contributed by atoms with Gasteiger partial charge in [-0.3, -0.25) is 0 Å². The molecule has 0 radical (unpaired) electrons. The number of amides is 1. The maximum Gasteiger partial charge on any atom is 0.404 e. The first-order chi connectivity index (χ1) is 8.75. The van der Waals surface area contributed by atoms with Crippen LogP contribution in [0.3, 0.4) is 0 Å². The van der Waals surface area contributed by atoms with Gasteiger partial charge in [-0.25, -0.2) is 4.79 Å². The smallest absolute Gasteiger partial charge is 0.404 e. The first-order valence-electron chi connectivity index (χ1n) is 6.22. The quantitative estimate of drug-likeness (QED) is 0.906. The molecule has 2 N–H and O–H groups in total. The number of primary amides is 1. The van der Waals surface area contributed by atoms with Crippen molar-refractivity contribution in [3.8, 4) is 6.07 Å². The number of nitrogens with two attached hydrogens (primary N) is 1. The van der Waals surface area contributed by atoms with E-state index in [1.165, 1.54) is 0 Å².